The van der Waals surface area contributed by atoms with E-state index < -0.39 is 26.0 Å². The molecule has 2 aromatic rings. The van der Waals surface area contributed by atoms with Crippen LogP contribution >= 0.6 is 11.8 Å². The summed E-state index contributed by atoms with van der Waals surface area (Å²) < 4.78 is 53.0. The van der Waals surface area contributed by atoms with E-state index in [2.05, 4.69) is 9.88 Å². The summed E-state index contributed by atoms with van der Waals surface area (Å²) in [5, 5.41) is 0.555. The van der Waals surface area contributed by atoms with Gasteiger partial charge in [0.05, 0.1) is 10.6 Å². The number of pyridine rings is 1. The zero-order chi connectivity index (χ0) is 22.2. The van der Waals surface area contributed by atoms with E-state index in [-0.39, 0.29) is 21.9 Å². The molecule has 12 heteroatoms. The number of carbonyl (C=O) groups excluding carboxylic acids is 1. The van der Waals surface area contributed by atoms with Crippen molar-refractivity contribution in [2.45, 2.75) is 14.8 Å². The minimum atomic E-state index is -3.83. The molecule has 1 amide bonds. The SMILES string of the molecule is CN1CCN(S(=O)(=O)c2ccc(SCCN3C(=O)c4ccccc4S3(=O)=O)nc2)CC1. The smallest absolute Gasteiger partial charge is 0.269 e. The number of aromatic nitrogens is 1. The third-order valence-electron chi connectivity index (χ3n) is 5.27. The minimum Gasteiger partial charge on any atom is -0.304 e. The van der Waals surface area contributed by atoms with Crippen molar-refractivity contribution in [3.63, 3.8) is 0 Å². The average molecular weight is 483 g/mol. The first-order chi connectivity index (χ1) is 14.7. The fourth-order valence-corrected chi connectivity index (χ4v) is 7.30. The molecule has 0 bridgehead atoms. The number of likely N-dealkylation sites (N-methyl/N-ethyl adjacent to an activating group) is 1. The summed E-state index contributed by atoms with van der Waals surface area (Å²) in [6.45, 7) is 2.25. The van der Waals surface area contributed by atoms with E-state index in [1.807, 2.05) is 7.05 Å². The molecule has 3 heterocycles. The number of piperazine rings is 1. The highest BCUT2D eigenvalue weighted by Crippen LogP contribution is 2.30. The van der Waals surface area contributed by atoms with E-state index >= 15 is 0 Å². The molecule has 0 aliphatic carbocycles. The summed E-state index contributed by atoms with van der Waals surface area (Å²) in [7, 11) is -5.46. The van der Waals surface area contributed by atoms with Crippen LogP contribution in [0.25, 0.3) is 0 Å². The molecule has 2 aliphatic rings. The predicted octanol–water partition coefficient (Wildman–Crippen LogP) is 0.954. The summed E-state index contributed by atoms with van der Waals surface area (Å²) in [6, 6.07) is 9.26. The van der Waals surface area contributed by atoms with Gasteiger partial charge in [0.25, 0.3) is 15.9 Å². The van der Waals surface area contributed by atoms with Crippen LogP contribution in [0.15, 0.2) is 57.4 Å². The second kappa shape index (κ2) is 8.51. The van der Waals surface area contributed by atoms with Gasteiger partial charge in [-0.1, -0.05) is 12.1 Å². The molecule has 0 N–H and O–H groups in total. The van der Waals surface area contributed by atoms with Gasteiger partial charge in [0.2, 0.25) is 10.0 Å². The van der Waals surface area contributed by atoms with Gasteiger partial charge >= 0.3 is 0 Å². The summed E-state index contributed by atoms with van der Waals surface area (Å²) in [5.41, 5.74) is 0.184. The van der Waals surface area contributed by atoms with Crippen molar-refractivity contribution >= 4 is 37.7 Å². The van der Waals surface area contributed by atoms with E-state index in [0.29, 0.717) is 37.0 Å². The average Bonchev–Trinajstić information content (AvgIpc) is 2.95. The third-order valence-corrected chi connectivity index (χ3v) is 9.91. The van der Waals surface area contributed by atoms with Gasteiger partial charge in [-0.25, -0.2) is 26.1 Å². The Kier molecular flexibility index (Phi) is 6.10. The van der Waals surface area contributed by atoms with Crippen LogP contribution in [0.4, 0.5) is 0 Å². The van der Waals surface area contributed by atoms with Crippen LogP contribution in [-0.2, 0) is 20.0 Å². The lowest BCUT2D eigenvalue weighted by atomic mass is 10.2. The molecular formula is C19H22N4O5S3. The second-order valence-electron chi connectivity index (χ2n) is 7.27. The van der Waals surface area contributed by atoms with Crippen molar-refractivity contribution in [2.75, 3.05) is 45.5 Å². The molecule has 1 aromatic carbocycles. The standard InChI is InChI=1S/C19H22N4O5S3/c1-21-8-10-22(11-9-21)30(25,26)15-6-7-18(20-14-15)29-13-12-23-19(24)16-4-2-3-5-17(16)31(23,27)28/h2-7,14H,8-13H2,1H3. The van der Waals surface area contributed by atoms with E-state index in [0.717, 1.165) is 4.31 Å². The normalized spacial score (nSPS) is 19.5. The van der Waals surface area contributed by atoms with Crippen molar-refractivity contribution in [3.05, 3.63) is 48.2 Å². The Morgan fingerprint density at radius 3 is 2.42 bits per heavy atom. The number of hydrogen-bond acceptors (Lipinski definition) is 8. The summed E-state index contributed by atoms with van der Waals surface area (Å²) in [4.78, 5) is 18.9. The molecule has 4 rings (SSSR count). The van der Waals surface area contributed by atoms with Gasteiger partial charge in [0.1, 0.15) is 9.79 Å². The molecule has 31 heavy (non-hydrogen) atoms. The number of sulfonamides is 2. The Hall–Kier alpha value is -1.99. The molecule has 1 fully saturated rings. The highest BCUT2D eigenvalue weighted by atomic mass is 32.2. The van der Waals surface area contributed by atoms with E-state index in [4.69, 9.17) is 0 Å². The van der Waals surface area contributed by atoms with Gasteiger partial charge in [-0.2, -0.15) is 4.31 Å². The van der Waals surface area contributed by atoms with Crippen LogP contribution in [0, 0.1) is 0 Å². The first kappa shape index (κ1) is 22.2. The number of thioether (sulfide) groups is 1. The van der Waals surface area contributed by atoms with E-state index in [1.165, 1.54) is 40.5 Å². The molecule has 9 nitrogen and oxygen atoms in total. The largest absolute Gasteiger partial charge is 0.304 e. The van der Waals surface area contributed by atoms with Gasteiger partial charge < -0.3 is 4.90 Å². The Morgan fingerprint density at radius 1 is 1.06 bits per heavy atom. The number of amides is 1. The second-order valence-corrected chi connectivity index (χ2v) is 12.2. The number of carbonyl (C=O) groups is 1. The number of hydrogen-bond donors (Lipinski definition) is 0. The van der Waals surface area contributed by atoms with Crippen molar-refractivity contribution in [1.29, 1.82) is 0 Å². The third kappa shape index (κ3) is 4.22. The Morgan fingerprint density at radius 2 is 1.77 bits per heavy atom. The molecule has 1 aromatic heterocycles. The molecule has 2 aliphatic heterocycles. The Labute approximate surface area is 186 Å². The predicted molar refractivity (Wildman–Crippen MR) is 116 cm³/mol. The maximum absolute atomic E-state index is 12.8. The number of fused-ring (bicyclic) bond motifs is 1. The maximum atomic E-state index is 12.8. The van der Waals surface area contributed by atoms with Crippen molar-refractivity contribution in [3.8, 4) is 0 Å². The van der Waals surface area contributed by atoms with Crippen LogP contribution in [0.1, 0.15) is 10.4 Å². The molecular weight excluding hydrogens is 460 g/mol. The fourth-order valence-electron chi connectivity index (χ4n) is 3.47. The molecule has 0 saturated carbocycles. The summed E-state index contributed by atoms with van der Waals surface area (Å²) in [5.74, 6) is -0.228. The topological polar surface area (TPSA) is 108 Å². The minimum absolute atomic E-state index is 0.00351. The first-order valence-electron chi connectivity index (χ1n) is 9.65. The molecule has 1 saturated heterocycles. The molecule has 0 radical (unpaired) electrons. The lowest BCUT2D eigenvalue weighted by Gasteiger charge is -2.31. The molecule has 0 atom stereocenters. The van der Waals surface area contributed by atoms with Gasteiger partial charge in [-0.15, -0.1) is 11.8 Å². The quantitative estimate of drug-likeness (QED) is 0.560. The highest BCUT2D eigenvalue weighted by molar-refractivity contribution is 7.99. The maximum Gasteiger partial charge on any atom is 0.269 e. The summed E-state index contributed by atoms with van der Waals surface area (Å²) >= 11 is 1.26. The molecule has 0 unspecified atom stereocenters. The Balaban J connectivity index is 1.38. The molecule has 0 spiro atoms. The van der Waals surface area contributed by atoms with Crippen molar-refractivity contribution in [1.82, 2.24) is 18.5 Å². The van der Waals surface area contributed by atoms with Gasteiger partial charge in [-0.3, -0.25) is 4.79 Å². The van der Waals surface area contributed by atoms with Gasteiger partial charge in [0, 0.05) is 44.7 Å². The monoisotopic (exact) mass is 482 g/mol. The van der Waals surface area contributed by atoms with E-state index in [9.17, 15) is 21.6 Å². The van der Waals surface area contributed by atoms with E-state index in [1.54, 1.807) is 18.2 Å². The van der Waals surface area contributed by atoms with Gasteiger partial charge in [-0.05, 0) is 31.3 Å². The van der Waals surface area contributed by atoms with Crippen molar-refractivity contribution in [2.24, 2.45) is 0 Å². The van der Waals surface area contributed by atoms with Crippen LogP contribution in [0.5, 0.6) is 0 Å². The first-order valence-corrected chi connectivity index (χ1v) is 13.5. The lowest BCUT2D eigenvalue weighted by molar-refractivity contribution is 0.0876. The number of nitrogens with zero attached hydrogens (tertiary/aromatic N) is 4. The number of benzene rings is 1. The van der Waals surface area contributed by atoms with Crippen LogP contribution in [-0.4, -0.2) is 86.8 Å². The Bertz CT molecular complexity index is 1190. The lowest BCUT2D eigenvalue weighted by Crippen LogP contribution is -2.47. The van der Waals surface area contributed by atoms with Crippen molar-refractivity contribution < 1.29 is 21.6 Å². The zero-order valence-electron chi connectivity index (χ0n) is 16.8. The van der Waals surface area contributed by atoms with Crippen LogP contribution in [0.2, 0.25) is 0 Å². The zero-order valence-corrected chi connectivity index (χ0v) is 19.3. The number of rotatable bonds is 6. The molecule has 166 valence electrons. The highest BCUT2D eigenvalue weighted by Gasteiger charge is 2.40. The fraction of sp³-hybridized carbons (Fsp3) is 0.368. The van der Waals surface area contributed by atoms with Crippen LogP contribution in [0.3, 0.4) is 0 Å². The van der Waals surface area contributed by atoms with Gasteiger partial charge in [0.15, 0.2) is 0 Å². The van der Waals surface area contributed by atoms with Crippen LogP contribution < -0.4 is 0 Å². The summed E-state index contributed by atoms with van der Waals surface area (Å²) in [6.07, 6.45) is 1.32.